The molecule has 1 aliphatic heterocycles. The zero-order valence-electron chi connectivity index (χ0n) is 10.6. The number of carbonyl (C=O) groups is 1. The lowest BCUT2D eigenvalue weighted by molar-refractivity contribution is -0.122. The number of aromatic nitrogens is 2. The smallest absolute Gasteiger partial charge is 0.242 e. The van der Waals surface area contributed by atoms with E-state index in [2.05, 4.69) is 20.7 Å². The largest absolute Gasteiger partial charge is 0.353 e. The summed E-state index contributed by atoms with van der Waals surface area (Å²) >= 11 is 0. The van der Waals surface area contributed by atoms with Crippen LogP contribution in [0.25, 0.3) is 0 Å². The molecule has 1 aliphatic rings. The summed E-state index contributed by atoms with van der Waals surface area (Å²) < 4.78 is 0. The number of nitrogen functional groups attached to an aromatic ring is 1. The lowest BCUT2D eigenvalue weighted by Gasteiger charge is -2.35. The van der Waals surface area contributed by atoms with Crippen molar-refractivity contribution in [2.45, 2.75) is 26.3 Å². The highest BCUT2D eigenvalue weighted by molar-refractivity contribution is 5.86. The number of amides is 1. The number of nitrogens with two attached hydrogens (primary N) is 1. The van der Waals surface area contributed by atoms with Crippen LogP contribution in [0.5, 0.6) is 0 Å². The van der Waals surface area contributed by atoms with Crippen molar-refractivity contribution in [3.63, 3.8) is 0 Å². The van der Waals surface area contributed by atoms with Crippen LogP contribution in [0.4, 0.5) is 11.6 Å². The fraction of sp³-hybridized carbons (Fsp3) is 0.545. The number of piperazine rings is 1. The summed E-state index contributed by atoms with van der Waals surface area (Å²) in [6.45, 7) is 5.24. The standard InChI is InChI=1S/C11H18N6O/c1-3-8-9(16-12)14-6-15-10(8)17-5-4-13-11(18)7(17)2/h6-7H,3-5,12H2,1-2H3,(H,13,18)(H,14,15,16). The second-order valence-corrected chi connectivity index (χ2v) is 4.18. The van der Waals surface area contributed by atoms with Crippen molar-refractivity contribution in [2.24, 2.45) is 5.84 Å². The molecular weight excluding hydrogens is 232 g/mol. The van der Waals surface area contributed by atoms with E-state index in [9.17, 15) is 4.79 Å². The molecular formula is C11H18N6O. The van der Waals surface area contributed by atoms with Crippen LogP contribution < -0.4 is 21.5 Å². The minimum Gasteiger partial charge on any atom is -0.353 e. The Morgan fingerprint density at radius 1 is 1.61 bits per heavy atom. The fourth-order valence-electron chi connectivity index (χ4n) is 2.17. The maximum atomic E-state index is 11.7. The Bertz CT molecular complexity index is 449. The normalized spacial score (nSPS) is 19.6. The van der Waals surface area contributed by atoms with E-state index < -0.39 is 0 Å². The van der Waals surface area contributed by atoms with Gasteiger partial charge in [-0.3, -0.25) is 4.79 Å². The number of anilines is 2. The van der Waals surface area contributed by atoms with E-state index in [0.29, 0.717) is 12.4 Å². The summed E-state index contributed by atoms with van der Waals surface area (Å²) in [6.07, 6.45) is 2.21. The minimum atomic E-state index is -0.232. The quantitative estimate of drug-likeness (QED) is 0.501. The van der Waals surface area contributed by atoms with E-state index in [1.54, 1.807) is 0 Å². The number of nitrogens with zero attached hydrogens (tertiary/aromatic N) is 3. The highest BCUT2D eigenvalue weighted by Gasteiger charge is 2.28. The Morgan fingerprint density at radius 3 is 3.06 bits per heavy atom. The number of carbonyl (C=O) groups excluding carboxylic acids is 1. The van der Waals surface area contributed by atoms with Crippen molar-refractivity contribution >= 4 is 17.5 Å². The molecule has 0 aliphatic carbocycles. The maximum absolute atomic E-state index is 11.7. The van der Waals surface area contributed by atoms with Crippen LogP contribution in [-0.4, -0.2) is 35.0 Å². The van der Waals surface area contributed by atoms with Gasteiger partial charge in [0.25, 0.3) is 0 Å². The lowest BCUT2D eigenvalue weighted by Crippen LogP contribution is -2.54. The van der Waals surface area contributed by atoms with Gasteiger partial charge >= 0.3 is 0 Å². The van der Waals surface area contributed by atoms with Crippen LogP contribution in [0.2, 0.25) is 0 Å². The van der Waals surface area contributed by atoms with Crippen LogP contribution in [0, 0.1) is 0 Å². The molecule has 2 heterocycles. The number of nitrogens with one attached hydrogen (secondary N) is 2. The summed E-state index contributed by atoms with van der Waals surface area (Å²) in [5.74, 6) is 6.86. The molecule has 1 fully saturated rings. The zero-order valence-corrected chi connectivity index (χ0v) is 10.6. The van der Waals surface area contributed by atoms with Crippen molar-refractivity contribution < 1.29 is 4.79 Å². The third kappa shape index (κ3) is 2.08. The van der Waals surface area contributed by atoms with E-state index >= 15 is 0 Å². The molecule has 0 radical (unpaired) electrons. The predicted molar refractivity (Wildman–Crippen MR) is 69.0 cm³/mol. The molecule has 0 saturated carbocycles. The summed E-state index contributed by atoms with van der Waals surface area (Å²) in [5.41, 5.74) is 3.51. The van der Waals surface area contributed by atoms with E-state index in [-0.39, 0.29) is 11.9 Å². The molecule has 0 spiro atoms. The van der Waals surface area contributed by atoms with E-state index in [1.165, 1.54) is 6.33 Å². The van der Waals surface area contributed by atoms with Crippen molar-refractivity contribution in [3.05, 3.63) is 11.9 Å². The SMILES string of the molecule is CCc1c(NN)ncnc1N1CCNC(=O)C1C. The number of hydrogen-bond donors (Lipinski definition) is 3. The Balaban J connectivity index is 2.40. The van der Waals surface area contributed by atoms with Gasteiger partial charge in [-0.05, 0) is 13.3 Å². The van der Waals surface area contributed by atoms with Crippen LogP contribution >= 0.6 is 0 Å². The van der Waals surface area contributed by atoms with Crippen molar-refractivity contribution in [3.8, 4) is 0 Å². The molecule has 18 heavy (non-hydrogen) atoms. The minimum absolute atomic E-state index is 0.0178. The van der Waals surface area contributed by atoms with Gasteiger partial charge in [-0.25, -0.2) is 15.8 Å². The molecule has 1 aromatic rings. The molecule has 1 atom stereocenters. The Morgan fingerprint density at radius 2 is 2.39 bits per heavy atom. The van der Waals surface area contributed by atoms with Gasteiger partial charge < -0.3 is 15.6 Å². The molecule has 7 nitrogen and oxygen atoms in total. The Hall–Kier alpha value is -1.89. The highest BCUT2D eigenvalue weighted by Crippen LogP contribution is 2.25. The summed E-state index contributed by atoms with van der Waals surface area (Å²) in [5, 5.41) is 2.83. The second-order valence-electron chi connectivity index (χ2n) is 4.18. The van der Waals surface area contributed by atoms with Gasteiger partial charge in [0, 0.05) is 18.7 Å². The third-order valence-corrected chi connectivity index (χ3v) is 3.18. The van der Waals surface area contributed by atoms with Crippen molar-refractivity contribution in [1.29, 1.82) is 0 Å². The van der Waals surface area contributed by atoms with E-state index in [0.717, 1.165) is 24.3 Å². The summed E-state index contributed by atoms with van der Waals surface area (Å²) in [6, 6.07) is -0.232. The highest BCUT2D eigenvalue weighted by atomic mass is 16.2. The molecule has 0 bridgehead atoms. The summed E-state index contributed by atoms with van der Waals surface area (Å²) in [4.78, 5) is 22.1. The molecule has 7 heteroatoms. The molecule has 98 valence electrons. The van der Waals surface area contributed by atoms with Gasteiger partial charge in [0.05, 0.1) is 0 Å². The molecule has 4 N–H and O–H groups in total. The topological polar surface area (TPSA) is 96.2 Å². The molecule has 1 saturated heterocycles. The Labute approximate surface area is 106 Å². The fourth-order valence-corrected chi connectivity index (χ4v) is 2.17. The molecule has 0 aromatic carbocycles. The zero-order chi connectivity index (χ0) is 13.1. The molecule has 2 rings (SSSR count). The van der Waals surface area contributed by atoms with Gasteiger partial charge in [0.1, 0.15) is 24.0 Å². The first-order valence-corrected chi connectivity index (χ1v) is 6.03. The molecule has 1 unspecified atom stereocenters. The number of hydrogen-bond acceptors (Lipinski definition) is 6. The van der Waals surface area contributed by atoms with E-state index in [1.807, 2.05) is 18.7 Å². The monoisotopic (exact) mass is 250 g/mol. The summed E-state index contributed by atoms with van der Waals surface area (Å²) in [7, 11) is 0. The van der Waals surface area contributed by atoms with Gasteiger partial charge in [-0.15, -0.1) is 0 Å². The molecule has 1 aromatic heterocycles. The van der Waals surface area contributed by atoms with E-state index in [4.69, 9.17) is 5.84 Å². The van der Waals surface area contributed by atoms with Crippen LogP contribution in [-0.2, 0) is 11.2 Å². The predicted octanol–water partition coefficient (Wildman–Crippen LogP) is -0.351. The Kier molecular flexibility index (Phi) is 3.61. The second kappa shape index (κ2) is 5.18. The van der Waals surface area contributed by atoms with Crippen LogP contribution in [0.1, 0.15) is 19.4 Å². The lowest BCUT2D eigenvalue weighted by atomic mass is 10.1. The average molecular weight is 250 g/mol. The third-order valence-electron chi connectivity index (χ3n) is 3.18. The van der Waals surface area contributed by atoms with Gasteiger partial charge in [-0.1, -0.05) is 6.92 Å². The van der Waals surface area contributed by atoms with Gasteiger partial charge in [-0.2, -0.15) is 0 Å². The first kappa shape index (κ1) is 12.6. The first-order chi connectivity index (χ1) is 8.69. The maximum Gasteiger partial charge on any atom is 0.242 e. The van der Waals surface area contributed by atoms with Crippen LogP contribution in [0.15, 0.2) is 6.33 Å². The van der Waals surface area contributed by atoms with Crippen molar-refractivity contribution in [2.75, 3.05) is 23.4 Å². The van der Waals surface area contributed by atoms with Gasteiger partial charge in [0.2, 0.25) is 5.91 Å². The average Bonchev–Trinajstić information content (AvgIpc) is 2.41. The number of hydrazine groups is 1. The number of rotatable bonds is 3. The van der Waals surface area contributed by atoms with Crippen LogP contribution in [0.3, 0.4) is 0 Å². The molecule has 1 amide bonds. The van der Waals surface area contributed by atoms with Gasteiger partial charge in [0.15, 0.2) is 0 Å². The van der Waals surface area contributed by atoms with Crippen molar-refractivity contribution in [1.82, 2.24) is 15.3 Å². The first-order valence-electron chi connectivity index (χ1n) is 6.03.